The lowest BCUT2D eigenvalue weighted by molar-refractivity contribution is -0.384. The summed E-state index contributed by atoms with van der Waals surface area (Å²) in [5.74, 6) is 0. The van der Waals surface area contributed by atoms with Gasteiger partial charge in [0.25, 0.3) is 5.69 Å². The minimum Gasteiger partial charge on any atom is -0.258 e. The number of nitro benzene ring substituents is 1. The van der Waals surface area contributed by atoms with Crippen molar-refractivity contribution in [1.29, 1.82) is 0 Å². The number of fused-ring (bicyclic) bond motifs is 8. The quantitative estimate of drug-likeness (QED) is 0.0992. The number of nitrogens with zero attached hydrogens (tertiary/aromatic N) is 1. The van der Waals surface area contributed by atoms with Gasteiger partial charge in [0, 0.05) is 22.3 Å². The maximum atomic E-state index is 13.2. The predicted molar refractivity (Wildman–Crippen MR) is 252 cm³/mol. The molecular formula is C58H47NO2. The van der Waals surface area contributed by atoms with E-state index in [0.29, 0.717) is 5.56 Å². The summed E-state index contributed by atoms with van der Waals surface area (Å²) in [4.78, 5) is 13.0. The average molecular weight is 790 g/mol. The van der Waals surface area contributed by atoms with Crippen molar-refractivity contribution in [3.63, 3.8) is 0 Å². The van der Waals surface area contributed by atoms with E-state index in [1.807, 2.05) is 12.1 Å². The predicted octanol–water partition coefficient (Wildman–Crippen LogP) is 15.3. The molecule has 6 aromatic rings. The molecule has 3 nitrogen and oxygen atoms in total. The molecule has 5 aliphatic carbocycles. The molecule has 0 fully saturated rings. The Morgan fingerprint density at radius 2 is 1.08 bits per heavy atom. The highest BCUT2D eigenvalue weighted by Crippen LogP contribution is 2.54. The first-order chi connectivity index (χ1) is 29.3. The molecule has 11 rings (SSSR count). The molecule has 6 aromatic carbocycles. The molecular weight excluding hydrogens is 743 g/mol. The van der Waals surface area contributed by atoms with Crippen molar-refractivity contribution in [1.82, 2.24) is 0 Å². The summed E-state index contributed by atoms with van der Waals surface area (Å²) in [6.07, 6.45) is 15.2. The summed E-state index contributed by atoms with van der Waals surface area (Å²) >= 11 is 0. The van der Waals surface area contributed by atoms with Gasteiger partial charge in [-0.1, -0.05) is 133 Å². The van der Waals surface area contributed by atoms with E-state index in [2.05, 4.69) is 181 Å². The smallest absolute Gasteiger partial charge is 0.258 e. The standard InChI is InChI=1S/C58H47NO2/c1-56(2)49-17-9-7-8-14-43(49)47-26-22-36(32-53(47)56)39-28-40(37-23-27-48-45-16-11-13-19-51(45)58(5,6)54(48)33-37)30-41(29-39)42-24-20-38(34-55(42)59(60)61)35-21-25-46-44-15-10-12-18-50(44)57(3,4)52(46)31-35/h7,9,11,13-34H,10,12H2,1-6H3. The van der Waals surface area contributed by atoms with E-state index in [4.69, 9.17) is 0 Å². The number of hydrogen-bond donors (Lipinski definition) is 0. The Morgan fingerprint density at radius 3 is 1.80 bits per heavy atom. The summed E-state index contributed by atoms with van der Waals surface area (Å²) in [5.41, 5.74) is 25.8. The van der Waals surface area contributed by atoms with E-state index in [-0.39, 0.29) is 26.9 Å². The van der Waals surface area contributed by atoms with Crippen LogP contribution in [0.25, 0.3) is 66.8 Å². The van der Waals surface area contributed by atoms with Crippen molar-refractivity contribution in [2.45, 2.75) is 70.6 Å². The monoisotopic (exact) mass is 789 g/mol. The van der Waals surface area contributed by atoms with Crippen molar-refractivity contribution in [2.75, 3.05) is 0 Å². The lowest BCUT2D eigenvalue weighted by atomic mass is 9.79. The van der Waals surface area contributed by atoms with Gasteiger partial charge < -0.3 is 0 Å². The topological polar surface area (TPSA) is 43.1 Å². The highest BCUT2D eigenvalue weighted by molar-refractivity contribution is 5.94. The molecule has 0 atom stereocenters. The zero-order chi connectivity index (χ0) is 42.0. The van der Waals surface area contributed by atoms with Crippen LogP contribution >= 0.6 is 0 Å². The third kappa shape index (κ3) is 5.50. The molecule has 0 heterocycles. The van der Waals surface area contributed by atoms with Crippen LogP contribution in [0, 0.1) is 10.1 Å². The number of hydrogen-bond acceptors (Lipinski definition) is 2. The van der Waals surface area contributed by atoms with Gasteiger partial charge in [0.2, 0.25) is 0 Å². The van der Waals surface area contributed by atoms with E-state index in [1.165, 1.54) is 66.8 Å². The van der Waals surface area contributed by atoms with Crippen LogP contribution in [0.1, 0.15) is 87.8 Å². The summed E-state index contributed by atoms with van der Waals surface area (Å²) in [6.45, 7) is 13.8. The molecule has 0 unspecified atom stereocenters. The van der Waals surface area contributed by atoms with E-state index < -0.39 is 0 Å². The molecule has 0 radical (unpaired) electrons. The fraction of sp³-hybridized carbons (Fsp3) is 0.190. The Hall–Kier alpha value is -6.80. The first-order valence-electron chi connectivity index (χ1n) is 21.6. The summed E-state index contributed by atoms with van der Waals surface area (Å²) in [7, 11) is 0. The minimum atomic E-state index is -0.214. The molecule has 0 spiro atoms. The summed E-state index contributed by atoms with van der Waals surface area (Å²) < 4.78 is 0. The zero-order valence-corrected chi connectivity index (χ0v) is 35.6. The van der Waals surface area contributed by atoms with E-state index in [9.17, 15) is 10.1 Å². The zero-order valence-electron chi connectivity index (χ0n) is 35.6. The second kappa shape index (κ2) is 13.1. The van der Waals surface area contributed by atoms with Gasteiger partial charge in [-0.05, 0) is 173 Å². The Morgan fingerprint density at radius 1 is 0.525 bits per heavy atom. The summed E-state index contributed by atoms with van der Waals surface area (Å²) in [6, 6.07) is 41.2. The van der Waals surface area contributed by atoms with Gasteiger partial charge in [0.1, 0.15) is 0 Å². The van der Waals surface area contributed by atoms with Crippen LogP contribution in [0.2, 0.25) is 0 Å². The minimum absolute atomic E-state index is 0.0969. The first kappa shape index (κ1) is 37.2. The van der Waals surface area contributed by atoms with E-state index in [1.54, 1.807) is 6.07 Å². The van der Waals surface area contributed by atoms with Gasteiger partial charge in [0.15, 0.2) is 0 Å². The van der Waals surface area contributed by atoms with Crippen molar-refractivity contribution in [3.05, 3.63) is 212 Å². The maximum Gasteiger partial charge on any atom is 0.277 e. The Bertz CT molecular complexity index is 3170. The van der Waals surface area contributed by atoms with E-state index >= 15 is 0 Å². The molecule has 0 amide bonds. The third-order valence-corrected chi connectivity index (χ3v) is 14.5. The van der Waals surface area contributed by atoms with Gasteiger partial charge in [-0.15, -0.1) is 5.73 Å². The number of rotatable bonds is 5. The maximum absolute atomic E-state index is 13.2. The fourth-order valence-corrected chi connectivity index (χ4v) is 11.1. The van der Waals surface area contributed by atoms with E-state index in [0.717, 1.165) is 51.8 Å². The molecule has 0 saturated carbocycles. The third-order valence-electron chi connectivity index (χ3n) is 14.5. The van der Waals surface area contributed by atoms with Crippen LogP contribution < -0.4 is 0 Å². The highest BCUT2D eigenvalue weighted by Gasteiger charge is 2.40. The van der Waals surface area contributed by atoms with Crippen LogP contribution in [-0.2, 0) is 16.2 Å². The molecule has 0 aromatic heterocycles. The van der Waals surface area contributed by atoms with Crippen molar-refractivity contribution >= 4 is 16.8 Å². The average Bonchev–Trinajstić information content (AvgIpc) is 3.59. The van der Waals surface area contributed by atoms with Gasteiger partial charge in [-0.25, -0.2) is 0 Å². The number of benzene rings is 6. The molecule has 296 valence electrons. The van der Waals surface area contributed by atoms with Crippen LogP contribution in [0.4, 0.5) is 5.69 Å². The largest absolute Gasteiger partial charge is 0.277 e. The van der Waals surface area contributed by atoms with Crippen LogP contribution in [0.15, 0.2) is 169 Å². The van der Waals surface area contributed by atoms with Crippen molar-refractivity contribution in [3.8, 4) is 55.6 Å². The number of allylic oxidation sites excluding steroid dienone is 9. The SMILES string of the molecule is CC1(C)C2=CCCC=C2c2ccc(-c3ccc(-c4cc(-c5ccc6c(c5)C(C)(C)C5=C6C=C=CC=C5)cc(-c5ccc6c(c5)C(C)(C)c5ccccc5-6)c4)c([N+](=O)[O-])c3)cc21. The molecule has 0 N–H and O–H groups in total. The second-order valence-electron chi connectivity index (χ2n) is 19.0. The lowest BCUT2D eigenvalue weighted by Gasteiger charge is -2.24. The highest BCUT2D eigenvalue weighted by atomic mass is 16.6. The Balaban J connectivity index is 1.07. The molecule has 0 saturated heterocycles. The Labute approximate surface area is 358 Å². The van der Waals surface area contributed by atoms with Crippen LogP contribution in [0.3, 0.4) is 0 Å². The second-order valence-corrected chi connectivity index (χ2v) is 19.0. The van der Waals surface area contributed by atoms with Gasteiger partial charge in [0.05, 0.1) is 10.5 Å². The van der Waals surface area contributed by atoms with Gasteiger partial charge in [-0.3, -0.25) is 10.1 Å². The molecule has 61 heavy (non-hydrogen) atoms. The summed E-state index contributed by atoms with van der Waals surface area (Å²) in [5, 5.41) is 13.2. The van der Waals surface area contributed by atoms with Crippen molar-refractivity contribution in [2.24, 2.45) is 0 Å². The Kier molecular flexibility index (Phi) is 7.99. The fourth-order valence-electron chi connectivity index (χ4n) is 11.1. The molecule has 5 aliphatic rings. The first-order valence-corrected chi connectivity index (χ1v) is 21.6. The molecule has 0 bridgehead atoms. The van der Waals surface area contributed by atoms with Gasteiger partial charge in [-0.2, -0.15) is 0 Å². The molecule has 3 heteroatoms. The van der Waals surface area contributed by atoms with Crippen molar-refractivity contribution < 1.29 is 4.92 Å². The number of nitro groups is 1. The van der Waals surface area contributed by atoms with Crippen LogP contribution in [-0.4, -0.2) is 4.92 Å². The van der Waals surface area contributed by atoms with Crippen LogP contribution in [0.5, 0.6) is 0 Å². The van der Waals surface area contributed by atoms with Gasteiger partial charge >= 0.3 is 0 Å². The normalized spacial score (nSPS) is 17.7. The molecule has 0 aliphatic heterocycles. The lowest BCUT2D eigenvalue weighted by Crippen LogP contribution is -2.16.